The minimum absolute atomic E-state index is 0.947. The van der Waals surface area contributed by atoms with Crippen molar-refractivity contribution in [3.63, 3.8) is 0 Å². The zero-order valence-corrected chi connectivity index (χ0v) is 19.2. The quantitative estimate of drug-likeness (QED) is 0.331. The molecule has 0 aliphatic carbocycles. The van der Waals surface area contributed by atoms with Crippen molar-refractivity contribution in [2.75, 3.05) is 6.54 Å². The largest absolute Gasteiger partial charge is 0.312 e. The molecule has 0 amide bonds. The van der Waals surface area contributed by atoms with Gasteiger partial charge < -0.3 is 5.32 Å². The third-order valence-corrected chi connectivity index (χ3v) is 9.39. The zero-order valence-electron chi connectivity index (χ0n) is 18.2. The lowest BCUT2D eigenvalue weighted by Crippen LogP contribution is -2.41. The summed E-state index contributed by atoms with van der Waals surface area (Å²) in [6.07, 6.45) is 3.56. The van der Waals surface area contributed by atoms with Crippen LogP contribution in [0.5, 0.6) is 0 Å². The minimum Gasteiger partial charge on any atom is -0.312 e. The van der Waals surface area contributed by atoms with Crippen LogP contribution < -0.4 is 10.5 Å². The summed E-state index contributed by atoms with van der Waals surface area (Å²) < 4.78 is 0. The van der Waals surface area contributed by atoms with Gasteiger partial charge in [0.2, 0.25) is 0 Å². The number of hydrogen-bond donors (Lipinski definition) is 1. The summed E-state index contributed by atoms with van der Waals surface area (Å²) in [6, 6.07) is 30.5. The molecule has 0 saturated heterocycles. The predicted octanol–water partition coefficient (Wildman–Crippen LogP) is 5.88. The molecule has 0 saturated carbocycles. The van der Waals surface area contributed by atoms with E-state index in [2.05, 4.69) is 104 Å². The van der Waals surface area contributed by atoms with Crippen molar-refractivity contribution in [1.82, 2.24) is 5.32 Å². The number of aryl methyl sites for hydroxylation is 2. The Morgan fingerprint density at radius 1 is 0.690 bits per heavy atom. The van der Waals surface area contributed by atoms with Crippen LogP contribution in [0, 0.1) is 6.92 Å². The zero-order chi connectivity index (χ0) is 20.5. The molecule has 0 heterocycles. The van der Waals surface area contributed by atoms with Gasteiger partial charge in [0, 0.05) is 6.54 Å². The van der Waals surface area contributed by atoms with E-state index in [1.54, 1.807) is 5.19 Å². The fraction of sp³-hybridized carbons (Fsp3) is 0.333. The lowest BCUT2D eigenvalue weighted by Gasteiger charge is -2.23. The summed E-state index contributed by atoms with van der Waals surface area (Å²) in [5.41, 5.74) is 5.59. The molecule has 0 fully saturated rings. The van der Waals surface area contributed by atoms with Crippen molar-refractivity contribution in [2.24, 2.45) is 0 Å². The van der Waals surface area contributed by atoms with Crippen LogP contribution >= 0.6 is 0 Å². The van der Waals surface area contributed by atoms with Gasteiger partial charge in [0.1, 0.15) is 0 Å². The first-order valence-electron chi connectivity index (χ1n) is 10.9. The maximum absolute atomic E-state index is 3.58. The van der Waals surface area contributed by atoms with Crippen LogP contribution in [0.4, 0.5) is 0 Å². The van der Waals surface area contributed by atoms with Crippen molar-refractivity contribution in [1.29, 1.82) is 0 Å². The first-order chi connectivity index (χ1) is 14.0. The van der Waals surface area contributed by atoms with E-state index in [0.29, 0.717) is 0 Å². The van der Waals surface area contributed by atoms with Crippen LogP contribution in [0.25, 0.3) is 0 Å². The molecule has 0 aliphatic heterocycles. The van der Waals surface area contributed by atoms with E-state index in [1.807, 2.05) is 0 Å². The summed E-state index contributed by atoms with van der Waals surface area (Å²) in [4.78, 5) is 0. The molecule has 0 bridgehead atoms. The first-order valence-corrected chi connectivity index (χ1v) is 14.1. The second-order valence-electron chi connectivity index (χ2n) is 8.83. The van der Waals surface area contributed by atoms with Crippen molar-refractivity contribution in [3.05, 3.63) is 101 Å². The maximum atomic E-state index is 3.58. The Morgan fingerprint density at radius 3 is 2.00 bits per heavy atom. The molecule has 1 N–H and O–H groups in total. The van der Waals surface area contributed by atoms with Gasteiger partial charge in [-0.05, 0) is 43.0 Å². The highest BCUT2D eigenvalue weighted by atomic mass is 28.3. The fourth-order valence-electron chi connectivity index (χ4n) is 3.82. The van der Waals surface area contributed by atoms with Crippen molar-refractivity contribution >= 4 is 13.3 Å². The van der Waals surface area contributed by atoms with Crippen LogP contribution in [-0.4, -0.2) is 14.6 Å². The second kappa shape index (κ2) is 10.6. The average molecular weight is 402 g/mol. The van der Waals surface area contributed by atoms with E-state index >= 15 is 0 Å². The Balaban J connectivity index is 1.43. The third-order valence-electron chi connectivity index (χ3n) is 5.89. The van der Waals surface area contributed by atoms with E-state index in [0.717, 1.165) is 19.5 Å². The molecule has 0 aromatic heterocycles. The molecule has 0 radical (unpaired) electrons. The molecule has 0 spiro atoms. The molecule has 1 nitrogen and oxygen atoms in total. The van der Waals surface area contributed by atoms with Crippen molar-refractivity contribution in [3.8, 4) is 0 Å². The third kappa shape index (κ3) is 6.99. The Kier molecular flexibility index (Phi) is 7.85. The molecule has 2 heteroatoms. The van der Waals surface area contributed by atoms with Gasteiger partial charge in [-0.2, -0.15) is 0 Å². The molecular formula is C27H35NSi. The highest BCUT2D eigenvalue weighted by Gasteiger charge is 2.22. The van der Waals surface area contributed by atoms with E-state index in [4.69, 9.17) is 0 Å². The topological polar surface area (TPSA) is 12.0 Å². The monoisotopic (exact) mass is 401 g/mol. The fourth-order valence-corrected chi connectivity index (χ4v) is 6.24. The molecule has 3 rings (SSSR count). The number of nitrogens with one attached hydrogen (secondary N) is 1. The summed E-state index contributed by atoms with van der Waals surface area (Å²) >= 11 is 0. The van der Waals surface area contributed by atoms with E-state index in [1.165, 1.54) is 41.1 Å². The molecule has 152 valence electrons. The minimum atomic E-state index is -1.37. The Labute approximate surface area is 178 Å². The molecule has 0 aliphatic rings. The smallest absolute Gasteiger partial charge is 0.0806 e. The lowest BCUT2D eigenvalue weighted by atomic mass is 10.1. The molecule has 29 heavy (non-hydrogen) atoms. The standard InChI is InChI=1S/C27H35NSi/c1-23-11-13-25(14-12-23)10-7-21-29(2,3)27-17-15-26(16-18-27)22-28-20-19-24-8-5-4-6-9-24/h4-6,8-9,11-18,28H,7,10,19-22H2,1-3H3. The van der Waals surface area contributed by atoms with Crippen LogP contribution in [0.3, 0.4) is 0 Å². The summed E-state index contributed by atoms with van der Waals surface area (Å²) in [5.74, 6) is 0. The highest BCUT2D eigenvalue weighted by molar-refractivity contribution is 6.89. The number of hydrogen-bond acceptors (Lipinski definition) is 1. The summed E-state index contributed by atoms with van der Waals surface area (Å²) in [6.45, 7) is 9.14. The van der Waals surface area contributed by atoms with Gasteiger partial charge in [-0.15, -0.1) is 0 Å². The van der Waals surface area contributed by atoms with E-state index < -0.39 is 8.07 Å². The van der Waals surface area contributed by atoms with Gasteiger partial charge in [0.15, 0.2) is 0 Å². The highest BCUT2D eigenvalue weighted by Crippen LogP contribution is 2.16. The molecular weight excluding hydrogens is 366 g/mol. The molecule has 3 aromatic rings. The second-order valence-corrected chi connectivity index (χ2v) is 13.7. The van der Waals surface area contributed by atoms with Crippen molar-refractivity contribution in [2.45, 2.75) is 51.9 Å². The summed E-state index contributed by atoms with van der Waals surface area (Å²) in [7, 11) is -1.37. The van der Waals surface area contributed by atoms with Crippen LogP contribution in [0.1, 0.15) is 28.7 Å². The van der Waals surface area contributed by atoms with Gasteiger partial charge in [0.05, 0.1) is 8.07 Å². The van der Waals surface area contributed by atoms with Crippen LogP contribution in [-0.2, 0) is 19.4 Å². The van der Waals surface area contributed by atoms with Crippen molar-refractivity contribution < 1.29 is 0 Å². The Hall–Kier alpha value is -2.16. The normalized spacial score (nSPS) is 11.6. The van der Waals surface area contributed by atoms with Gasteiger partial charge in [0.25, 0.3) is 0 Å². The van der Waals surface area contributed by atoms with Crippen LogP contribution in [0.15, 0.2) is 78.9 Å². The van der Waals surface area contributed by atoms with Crippen LogP contribution in [0.2, 0.25) is 19.1 Å². The van der Waals surface area contributed by atoms with Gasteiger partial charge >= 0.3 is 0 Å². The Morgan fingerprint density at radius 2 is 1.31 bits per heavy atom. The molecule has 0 atom stereocenters. The first kappa shape index (κ1) is 21.5. The summed E-state index contributed by atoms with van der Waals surface area (Å²) in [5, 5.41) is 5.15. The van der Waals surface area contributed by atoms with Gasteiger partial charge in [-0.25, -0.2) is 0 Å². The maximum Gasteiger partial charge on any atom is 0.0806 e. The van der Waals surface area contributed by atoms with E-state index in [9.17, 15) is 0 Å². The molecule has 3 aromatic carbocycles. The lowest BCUT2D eigenvalue weighted by molar-refractivity contribution is 0.687. The van der Waals surface area contributed by atoms with Gasteiger partial charge in [-0.3, -0.25) is 0 Å². The Bertz CT molecular complexity index is 851. The van der Waals surface area contributed by atoms with E-state index in [-0.39, 0.29) is 0 Å². The average Bonchev–Trinajstić information content (AvgIpc) is 2.74. The number of benzene rings is 3. The number of rotatable bonds is 10. The predicted molar refractivity (Wildman–Crippen MR) is 130 cm³/mol. The molecule has 0 unspecified atom stereocenters. The van der Waals surface area contributed by atoms with Gasteiger partial charge in [-0.1, -0.05) is 115 Å². The SMILES string of the molecule is Cc1ccc(CCC[Si](C)(C)c2ccc(CNCCc3ccccc3)cc2)cc1.